The number of thioether (sulfide) groups is 1. The highest BCUT2D eigenvalue weighted by Gasteiger charge is 2.10. The van der Waals surface area contributed by atoms with Gasteiger partial charge in [0.1, 0.15) is 12.0 Å². The smallest absolute Gasteiger partial charge is 0.258 e. The van der Waals surface area contributed by atoms with Crippen molar-refractivity contribution < 1.29 is 9.31 Å². The summed E-state index contributed by atoms with van der Waals surface area (Å²) in [5.41, 5.74) is 0.949. The summed E-state index contributed by atoms with van der Waals surface area (Å²) >= 11 is 1.47. The summed E-state index contributed by atoms with van der Waals surface area (Å²) in [4.78, 5) is 14.1. The molecule has 1 aromatic heterocycles. The van der Waals surface area contributed by atoms with E-state index in [1.54, 1.807) is 18.2 Å². The van der Waals surface area contributed by atoms with Crippen molar-refractivity contribution in [2.75, 3.05) is 0 Å². The minimum absolute atomic E-state index is 0.0289. The fourth-order valence-electron chi connectivity index (χ4n) is 1.53. The average molecular weight is 278 g/mol. The van der Waals surface area contributed by atoms with Crippen molar-refractivity contribution in [1.29, 1.82) is 0 Å². The van der Waals surface area contributed by atoms with Crippen LogP contribution in [0.5, 0.6) is 0 Å². The molecule has 0 aliphatic rings. The molecular formula is C13H11FN2O2S. The first-order valence-electron chi connectivity index (χ1n) is 5.59. The Kier molecular flexibility index (Phi) is 4.11. The summed E-state index contributed by atoms with van der Waals surface area (Å²) in [6, 6.07) is 9.30. The molecule has 1 atom stereocenters. The van der Waals surface area contributed by atoms with Crippen molar-refractivity contribution in [3.63, 3.8) is 0 Å². The van der Waals surface area contributed by atoms with Crippen molar-refractivity contribution in [1.82, 2.24) is 4.98 Å². The van der Waals surface area contributed by atoms with E-state index in [1.807, 2.05) is 6.92 Å². The molecule has 0 spiro atoms. The van der Waals surface area contributed by atoms with Crippen LogP contribution in [0.4, 0.5) is 10.1 Å². The predicted octanol–water partition coefficient (Wildman–Crippen LogP) is 3.98. The van der Waals surface area contributed by atoms with Crippen LogP contribution in [-0.2, 0) is 0 Å². The largest absolute Gasteiger partial charge is 0.287 e. The average Bonchev–Trinajstić information content (AvgIpc) is 2.40. The number of nitrogens with zero attached hydrogens (tertiary/aromatic N) is 2. The molecule has 2 aromatic rings. The van der Waals surface area contributed by atoms with E-state index in [0.29, 0.717) is 5.03 Å². The Hall–Kier alpha value is -1.95. The molecule has 4 nitrogen and oxygen atoms in total. The molecule has 19 heavy (non-hydrogen) atoms. The predicted molar refractivity (Wildman–Crippen MR) is 71.6 cm³/mol. The van der Waals surface area contributed by atoms with Gasteiger partial charge in [0.05, 0.1) is 9.95 Å². The number of benzene rings is 1. The zero-order chi connectivity index (χ0) is 13.8. The van der Waals surface area contributed by atoms with Crippen molar-refractivity contribution in [3.05, 3.63) is 64.1 Å². The van der Waals surface area contributed by atoms with E-state index in [0.717, 1.165) is 5.56 Å². The molecule has 0 amide bonds. The molecule has 0 fully saturated rings. The first-order valence-corrected chi connectivity index (χ1v) is 6.47. The lowest BCUT2D eigenvalue weighted by molar-refractivity contribution is -0.385. The van der Waals surface area contributed by atoms with E-state index in [1.165, 1.54) is 36.2 Å². The normalized spacial score (nSPS) is 12.1. The Labute approximate surface area is 113 Å². The van der Waals surface area contributed by atoms with Crippen molar-refractivity contribution in [2.24, 2.45) is 0 Å². The highest BCUT2D eigenvalue weighted by Crippen LogP contribution is 2.33. The standard InChI is InChI=1S/C13H11FN2O2S/c1-9(10-2-4-11(14)5-3-10)19-13-7-6-12(8-15-13)16(17)18/h2-9H,1H3. The number of pyridine rings is 1. The Morgan fingerprint density at radius 1 is 1.26 bits per heavy atom. The molecule has 6 heteroatoms. The number of aromatic nitrogens is 1. The van der Waals surface area contributed by atoms with Crippen molar-refractivity contribution in [3.8, 4) is 0 Å². The SMILES string of the molecule is CC(Sc1ccc([N+](=O)[O-])cn1)c1ccc(F)cc1. The summed E-state index contributed by atoms with van der Waals surface area (Å²) in [6.07, 6.45) is 1.24. The first kappa shape index (κ1) is 13.5. The molecule has 0 aliphatic heterocycles. The van der Waals surface area contributed by atoms with Crippen LogP contribution in [0, 0.1) is 15.9 Å². The van der Waals surface area contributed by atoms with Crippen molar-refractivity contribution >= 4 is 17.4 Å². The van der Waals surface area contributed by atoms with Crippen LogP contribution in [0.3, 0.4) is 0 Å². The van der Waals surface area contributed by atoms with Gasteiger partial charge >= 0.3 is 0 Å². The molecule has 0 saturated heterocycles. The summed E-state index contributed by atoms with van der Waals surface area (Å²) in [5, 5.41) is 11.3. The van der Waals surface area contributed by atoms with Crippen LogP contribution < -0.4 is 0 Å². The lowest BCUT2D eigenvalue weighted by Gasteiger charge is -2.10. The van der Waals surface area contributed by atoms with Gasteiger partial charge in [-0.2, -0.15) is 0 Å². The third-order valence-electron chi connectivity index (χ3n) is 2.57. The van der Waals surface area contributed by atoms with Gasteiger partial charge in [-0.1, -0.05) is 23.9 Å². The zero-order valence-corrected chi connectivity index (χ0v) is 10.9. The van der Waals surface area contributed by atoms with E-state index in [2.05, 4.69) is 4.98 Å². The van der Waals surface area contributed by atoms with Gasteiger partial charge < -0.3 is 0 Å². The second kappa shape index (κ2) is 5.79. The number of halogens is 1. The third kappa shape index (κ3) is 3.51. The molecule has 1 aromatic carbocycles. The zero-order valence-electron chi connectivity index (χ0n) is 10.1. The summed E-state index contributed by atoms with van der Waals surface area (Å²) in [6.45, 7) is 1.97. The lowest BCUT2D eigenvalue weighted by atomic mass is 10.2. The van der Waals surface area contributed by atoms with Gasteiger partial charge in [-0.25, -0.2) is 9.37 Å². The Morgan fingerprint density at radius 2 is 1.95 bits per heavy atom. The maximum atomic E-state index is 12.8. The van der Waals surface area contributed by atoms with Gasteiger partial charge in [-0.05, 0) is 30.7 Å². The molecule has 0 radical (unpaired) electrons. The molecule has 0 aliphatic carbocycles. The van der Waals surface area contributed by atoms with Crippen LogP contribution in [0.25, 0.3) is 0 Å². The fraction of sp³-hybridized carbons (Fsp3) is 0.154. The van der Waals surface area contributed by atoms with Gasteiger partial charge in [0.15, 0.2) is 0 Å². The minimum Gasteiger partial charge on any atom is -0.258 e. The maximum absolute atomic E-state index is 12.8. The fourth-order valence-corrected chi connectivity index (χ4v) is 2.45. The number of nitro groups is 1. The van der Waals surface area contributed by atoms with E-state index in [9.17, 15) is 14.5 Å². The highest BCUT2D eigenvalue weighted by atomic mass is 32.2. The van der Waals surface area contributed by atoms with Gasteiger partial charge in [0.25, 0.3) is 5.69 Å². The van der Waals surface area contributed by atoms with Crippen LogP contribution in [-0.4, -0.2) is 9.91 Å². The van der Waals surface area contributed by atoms with Crippen molar-refractivity contribution in [2.45, 2.75) is 17.2 Å². The van der Waals surface area contributed by atoms with Gasteiger partial charge in [-0.15, -0.1) is 0 Å². The maximum Gasteiger partial charge on any atom is 0.287 e. The summed E-state index contributed by atoms with van der Waals surface area (Å²) < 4.78 is 12.8. The molecule has 0 saturated carbocycles. The minimum atomic E-state index is -0.481. The van der Waals surface area contributed by atoms with E-state index in [4.69, 9.17) is 0 Å². The number of hydrogen-bond acceptors (Lipinski definition) is 4. The lowest BCUT2D eigenvalue weighted by Crippen LogP contribution is -1.92. The molecule has 1 heterocycles. The Balaban J connectivity index is 2.08. The second-order valence-corrected chi connectivity index (χ2v) is 5.28. The summed E-state index contributed by atoms with van der Waals surface area (Å²) in [7, 11) is 0. The Bertz CT molecular complexity index is 572. The van der Waals surface area contributed by atoms with Gasteiger partial charge in [0, 0.05) is 11.3 Å². The summed E-state index contributed by atoms with van der Waals surface area (Å²) in [5.74, 6) is -0.269. The van der Waals surface area contributed by atoms with Crippen LogP contribution >= 0.6 is 11.8 Å². The molecule has 98 valence electrons. The topological polar surface area (TPSA) is 56.0 Å². The van der Waals surface area contributed by atoms with E-state index >= 15 is 0 Å². The quantitative estimate of drug-likeness (QED) is 0.482. The second-order valence-electron chi connectivity index (χ2n) is 3.92. The van der Waals surface area contributed by atoms with E-state index in [-0.39, 0.29) is 16.8 Å². The van der Waals surface area contributed by atoms with E-state index < -0.39 is 4.92 Å². The molecule has 0 bridgehead atoms. The monoisotopic (exact) mass is 278 g/mol. The molecular weight excluding hydrogens is 267 g/mol. The number of rotatable bonds is 4. The van der Waals surface area contributed by atoms with Crippen LogP contribution in [0.2, 0.25) is 0 Å². The van der Waals surface area contributed by atoms with Crippen LogP contribution in [0.1, 0.15) is 17.7 Å². The molecule has 2 rings (SSSR count). The number of hydrogen-bond donors (Lipinski definition) is 0. The van der Waals surface area contributed by atoms with Gasteiger partial charge in [-0.3, -0.25) is 10.1 Å². The molecule has 1 unspecified atom stereocenters. The van der Waals surface area contributed by atoms with Gasteiger partial charge in [0.2, 0.25) is 0 Å². The Morgan fingerprint density at radius 3 is 2.47 bits per heavy atom. The highest BCUT2D eigenvalue weighted by molar-refractivity contribution is 7.99. The first-order chi connectivity index (χ1) is 9.06. The van der Waals surface area contributed by atoms with Crippen LogP contribution in [0.15, 0.2) is 47.6 Å². The molecule has 0 N–H and O–H groups in total. The third-order valence-corrected chi connectivity index (χ3v) is 3.68.